The Balaban J connectivity index is 1.56. The molecule has 0 spiro atoms. The summed E-state index contributed by atoms with van der Waals surface area (Å²) in [6.07, 6.45) is 4.72. The molecule has 4 heterocycles. The second-order valence-electron chi connectivity index (χ2n) is 5.04. The van der Waals surface area contributed by atoms with Crippen LogP contribution in [0, 0.1) is 0 Å². The van der Waals surface area contributed by atoms with E-state index in [0.29, 0.717) is 10.5 Å². The summed E-state index contributed by atoms with van der Waals surface area (Å²) in [4.78, 5) is 8.71. The van der Waals surface area contributed by atoms with Crippen molar-refractivity contribution in [1.82, 2.24) is 0 Å². The Morgan fingerprint density at radius 2 is 1.10 bits per heavy atom. The van der Waals surface area contributed by atoms with Crippen LogP contribution in [-0.4, -0.2) is 0 Å². The Kier molecular flexibility index (Phi) is 3.38. The normalized spacial score (nSPS) is 24.7. The highest BCUT2D eigenvalue weighted by Gasteiger charge is 2.23. The van der Waals surface area contributed by atoms with Crippen LogP contribution in [0.25, 0.3) is 9.75 Å². The lowest BCUT2D eigenvalue weighted by molar-refractivity contribution is 1.23. The molecule has 2 aliphatic rings. The SMILES string of the molecule is CC1=CC(c2ccc(-c3ccc(C4C=C(C)S4)s3)s2)S1. The number of thiophene rings is 2. The molecular formula is C16H14S4. The van der Waals surface area contributed by atoms with E-state index in [1.54, 1.807) is 0 Å². The van der Waals surface area contributed by atoms with E-state index in [-0.39, 0.29) is 0 Å². The van der Waals surface area contributed by atoms with Crippen LogP contribution in [0.3, 0.4) is 0 Å². The Morgan fingerprint density at radius 3 is 1.45 bits per heavy atom. The van der Waals surface area contributed by atoms with Gasteiger partial charge in [0.2, 0.25) is 0 Å². The van der Waals surface area contributed by atoms with Crippen molar-refractivity contribution < 1.29 is 0 Å². The second kappa shape index (κ2) is 5.09. The fourth-order valence-corrected chi connectivity index (χ4v) is 6.68. The molecule has 0 radical (unpaired) electrons. The zero-order valence-electron chi connectivity index (χ0n) is 11.3. The van der Waals surface area contributed by atoms with E-state index in [0.717, 1.165) is 0 Å². The summed E-state index contributed by atoms with van der Waals surface area (Å²) < 4.78 is 0. The van der Waals surface area contributed by atoms with Gasteiger partial charge in [0, 0.05) is 19.5 Å². The molecule has 0 nitrogen and oxygen atoms in total. The Hall–Kier alpha value is -0.420. The molecule has 2 atom stereocenters. The van der Waals surface area contributed by atoms with Crippen molar-refractivity contribution in [3.8, 4) is 9.75 Å². The minimum absolute atomic E-state index is 0.598. The van der Waals surface area contributed by atoms with Gasteiger partial charge in [0.1, 0.15) is 0 Å². The molecule has 0 fully saturated rings. The Bertz CT molecular complexity index is 654. The first-order valence-corrected chi connectivity index (χ1v) is 9.98. The van der Waals surface area contributed by atoms with E-state index in [1.165, 1.54) is 29.3 Å². The highest BCUT2D eigenvalue weighted by molar-refractivity contribution is 8.05. The van der Waals surface area contributed by atoms with Gasteiger partial charge in [-0.05, 0) is 47.9 Å². The van der Waals surface area contributed by atoms with Gasteiger partial charge in [0.05, 0.1) is 10.5 Å². The lowest BCUT2D eigenvalue weighted by Crippen LogP contribution is -1.95. The molecule has 2 aromatic heterocycles. The van der Waals surface area contributed by atoms with Crippen LogP contribution in [0.2, 0.25) is 0 Å². The van der Waals surface area contributed by atoms with Crippen molar-refractivity contribution in [2.75, 3.05) is 0 Å². The highest BCUT2D eigenvalue weighted by atomic mass is 32.2. The van der Waals surface area contributed by atoms with Crippen molar-refractivity contribution >= 4 is 46.2 Å². The first kappa shape index (κ1) is 13.3. The first-order valence-electron chi connectivity index (χ1n) is 6.59. The summed E-state index contributed by atoms with van der Waals surface area (Å²) in [6.45, 7) is 4.38. The summed E-state index contributed by atoms with van der Waals surface area (Å²) in [5.74, 6) is 0. The van der Waals surface area contributed by atoms with Gasteiger partial charge in [-0.3, -0.25) is 0 Å². The van der Waals surface area contributed by atoms with Crippen LogP contribution < -0.4 is 0 Å². The average molecular weight is 335 g/mol. The summed E-state index contributed by atoms with van der Waals surface area (Å²) >= 11 is 7.85. The summed E-state index contributed by atoms with van der Waals surface area (Å²) in [6, 6.07) is 9.16. The molecule has 2 aromatic rings. The third kappa shape index (κ3) is 2.33. The molecule has 0 bridgehead atoms. The third-order valence-electron chi connectivity index (χ3n) is 3.46. The van der Waals surface area contributed by atoms with Gasteiger partial charge in [-0.15, -0.1) is 46.2 Å². The van der Waals surface area contributed by atoms with Crippen molar-refractivity contribution in [3.05, 3.63) is 56.0 Å². The van der Waals surface area contributed by atoms with Crippen molar-refractivity contribution in [3.63, 3.8) is 0 Å². The van der Waals surface area contributed by atoms with Crippen LogP contribution in [0.1, 0.15) is 34.1 Å². The fraction of sp³-hybridized carbons (Fsp3) is 0.250. The maximum atomic E-state index is 2.36. The Morgan fingerprint density at radius 1 is 0.700 bits per heavy atom. The van der Waals surface area contributed by atoms with Gasteiger partial charge >= 0.3 is 0 Å². The van der Waals surface area contributed by atoms with Crippen molar-refractivity contribution in [2.24, 2.45) is 0 Å². The minimum Gasteiger partial charge on any atom is -0.138 e. The molecule has 0 aliphatic carbocycles. The van der Waals surface area contributed by atoms with E-state index in [1.807, 2.05) is 46.2 Å². The maximum Gasteiger partial charge on any atom is 0.0625 e. The number of hydrogen-bond donors (Lipinski definition) is 0. The van der Waals surface area contributed by atoms with Crippen LogP contribution in [-0.2, 0) is 0 Å². The molecule has 0 N–H and O–H groups in total. The second-order valence-corrected chi connectivity index (χ2v) is 10.0. The molecule has 20 heavy (non-hydrogen) atoms. The average Bonchev–Trinajstić information content (AvgIpc) is 2.99. The lowest BCUT2D eigenvalue weighted by atomic mass is 10.3. The van der Waals surface area contributed by atoms with E-state index in [4.69, 9.17) is 0 Å². The smallest absolute Gasteiger partial charge is 0.0625 e. The van der Waals surface area contributed by atoms with E-state index >= 15 is 0 Å². The van der Waals surface area contributed by atoms with Gasteiger partial charge in [0.15, 0.2) is 0 Å². The molecule has 4 heteroatoms. The summed E-state index contributed by atoms with van der Waals surface area (Å²) in [7, 11) is 0. The fourth-order valence-electron chi connectivity index (χ4n) is 2.39. The summed E-state index contributed by atoms with van der Waals surface area (Å²) in [5.41, 5.74) is 0. The predicted molar refractivity (Wildman–Crippen MR) is 95.8 cm³/mol. The van der Waals surface area contributed by atoms with Crippen LogP contribution in [0.4, 0.5) is 0 Å². The van der Waals surface area contributed by atoms with Gasteiger partial charge in [-0.25, -0.2) is 0 Å². The quantitative estimate of drug-likeness (QED) is 0.601. The summed E-state index contributed by atoms with van der Waals surface area (Å²) in [5, 5.41) is 1.20. The van der Waals surface area contributed by atoms with E-state index in [9.17, 15) is 0 Å². The largest absolute Gasteiger partial charge is 0.138 e. The topological polar surface area (TPSA) is 0 Å². The first-order chi connectivity index (χ1) is 9.69. The standard InChI is InChI=1S/C16H14S4/c1-9-7-15(17-9)13-5-3-11(19-13)12-4-6-14(20-12)16-8-10(2)18-16/h3-8,15-16H,1-2H3. The maximum absolute atomic E-state index is 2.36. The van der Waals surface area contributed by atoms with E-state index < -0.39 is 0 Å². The minimum atomic E-state index is 0.598. The van der Waals surface area contributed by atoms with Crippen molar-refractivity contribution in [2.45, 2.75) is 24.3 Å². The van der Waals surface area contributed by atoms with Crippen molar-refractivity contribution in [1.29, 1.82) is 0 Å². The number of thioether (sulfide) groups is 2. The molecule has 0 aromatic carbocycles. The number of hydrogen-bond acceptors (Lipinski definition) is 4. The Labute approximate surface area is 136 Å². The number of allylic oxidation sites excluding steroid dienone is 2. The molecule has 2 unspecified atom stereocenters. The highest BCUT2D eigenvalue weighted by Crippen LogP contribution is 2.51. The molecule has 4 rings (SSSR count). The van der Waals surface area contributed by atoms with Gasteiger partial charge in [-0.2, -0.15) is 0 Å². The molecule has 2 aliphatic heterocycles. The molecule has 0 saturated heterocycles. The monoisotopic (exact) mass is 334 g/mol. The van der Waals surface area contributed by atoms with Crippen LogP contribution in [0.15, 0.2) is 46.2 Å². The number of rotatable bonds is 3. The van der Waals surface area contributed by atoms with Gasteiger partial charge in [0.25, 0.3) is 0 Å². The van der Waals surface area contributed by atoms with Gasteiger partial charge in [-0.1, -0.05) is 12.2 Å². The predicted octanol–water partition coefficient (Wildman–Crippen LogP) is 6.86. The zero-order chi connectivity index (χ0) is 13.7. The zero-order valence-corrected chi connectivity index (χ0v) is 14.5. The molecule has 0 saturated carbocycles. The van der Waals surface area contributed by atoms with Gasteiger partial charge < -0.3 is 0 Å². The molecule has 0 amide bonds. The lowest BCUT2D eigenvalue weighted by Gasteiger charge is -2.20. The van der Waals surface area contributed by atoms with E-state index in [2.05, 4.69) is 50.3 Å². The van der Waals surface area contributed by atoms with Crippen LogP contribution >= 0.6 is 46.2 Å². The van der Waals surface area contributed by atoms with Crippen LogP contribution in [0.5, 0.6) is 0 Å². The molecule has 102 valence electrons. The molecular weight excluding hydrogens is 320 g/mol. The third-order valence-corrected chi connectivity index (χ3v) is 8.59.